The Bertz CT molecular complexity index is 1880. The van der Waals surface area contributed by atoms with Gasteiger partial charge in [0.05, 0.1) is 31.5 Å². The van der Waals surface area contributed by atoms with Crippen molar-refractivity contribution in [1.82, 2.24) is 0 Å². The van der Waals surface area contributed by atoms with Crippen LogP contribution in [0.15, 0.2) is 71.9 Å². The molecule has 0 spiro atoms. The molecular formula is C51H82O22. The van der Waals surface area contributed by atoms with Crippen LogP contribution in [0.1, 0.15) is 61.3 Å². The lowest BCUT2D eigenvalue weighted by molar-refractivity contribution is -0.373. The second-order valence-corrected chi connectivity index (χ2v) is 20.3. The molecule has 0 radical (unpaired) electrons. The van der Waals surface area contributed by atoms with Gasteiger partial charge in [-0.05, 0) is 57.1 Å². The Morgan fingerprint density at radius 1 is 0.726 bits per heavy atom. The smallest absolute Gasteiger partial charge is 0.187 e. The van der Waals surface area contributed by atoms with Gasteiger partial charge >= 0.3 is 0 Å². The predicted octanol–water partition coefficient (Wildman–Crippen LogP) is -2.31. The average Bonchev–Trinajstić information content (AvgIpc) is 3.34. The van der Waals surface area contributed by atoms with Gasteiger partial charge in [0.15, 0.2) is 24.7 Å². The fourth-order valence-electron chi connectivity index (χ4n) is 9.09. The molecule has 0 aromatic rings. The highest BCUT2D eigenvalue weighted by Gasteiger charge is 2.53. The largest absolute Gasteiger partial charge is 0.394 e. The minimum Gasteiger partial charge on any atom is -0.394 e. The predicted molar refractivity (Wildman–Crippen MR) is 258 cm³/mol. The van der Waals surface area contributed by atoms with E-state index in [1.54, 1.807) is 32.9 Å². The fourth-order valence-corrected chi connectivity index (χ4v) is 9.09. The Morgan fingerprint density at radius 3 is 1.90 bits per heavy atom. The molecule has 418 valence electrons. The lowest BCUT2D eigenvalue weighted by Gasteiger charge is -2.47. The number of carbonyl (C=O) groups excluding carboxylic acids is 1. The summed E-state index contributed by atoms with van der Waals surface area (Å²) in [5.41, 5.74) is 0.0639. The van der Waals surface area contributed by atoms with Crippen molar-refractivity contribution in [2.75, 3.05) is 26.9 Å². The van der Waals surface area contributed by atoms with Crippen LogP contribution in [0.25, 0.3) is 0 Å². The second kappa shape index (κ2) is 28.6. The SMILES string of the molecule is CO[C@H](/C=C/C(C)C)[C@@H](O)[C@H](O)[C@H](O)/C=C/CC1=C[C@H](O)[C@H]([C@H](C)/C=C/C=C(C)/C=C/CC(C)(C)O[C@@H]2O[C@H](CO[C@@H]3O[C@H](CO)[C@@H](O)[C@H](O)[C@H]3O)[C@@H](O)[C@H](O[C@@H]3O[C@H](CO)[C@@H](O)[C@H](O)[C@H]3O)[C@H]2O)[C@@H](C)C1=O. The minimum absolute atomic E-state index is 0.0932. The summed E-state index contributed by atoms with van der Waals surface area (Å²) in [5, 5.41) is 147. The number of aliphatic hydroxyl groups excluding tert-OH is 14. The first-order valence-electron chi connectivity index (χ1n) is 24.7. The summed E-state index contributed by atoms with van der Waals surface area (Å²) in [6.45, 7) is 10.6. The zero-order valence-corrected chi connectivity index (χ0v) is 42.7. The third kappa shape index (κ3) is 16.6. The molecule has 23 atom stereocenters. The maximum absolute atomic E-state index is 13.4. The van der Waals surface area contributed by atoms with Gasteiger partial charge in [0, 0.05) is 18.9 Å². The van der Waals surface area contributed by atoms with Gasteiger partial charge in [-0.15, -0.1) is 0 Å². The van der Waals surface area contributed by atoms with Crippen LogP contribution in [0.5, 0.6) is 0 Å². The number of carbonyl (C=O) groups is 1. The summed E-state index contributed by atoms with van der Waals surface area (Å²) < 4.78 is 39.8. The third-order valence-electron chi connectivity index (χ3n) is 13.6. The van der Waals surface area contributed by atoms with Gasteiger partial charge in [0.2, 0.25) is 0 Å². The summed E-state index contributed by atoms with van der Waals surface area (Å²) in [7, 11) is 1.38. The van der Waals surface area contributed by atoms with Crippen molar-refractivity contribution in [3.8, 4) is 0 Å². The second-order valence-electron chi connectivity index (χ2n) is 20.3. The van der Waals surface area contributed by atoms with Crippen LogP contribution in [-0.2, 0) is 38.0 Å². The number of hydrogen-bond donors (Lipinski definition) is 14. The first kappa shape index (κ1) is 62.8. The summed E-state index contributed by atoms with van der Waals surface area (Å²) in [5.74, 6) is -1.20. The molecule has 3 heterocycles. The quantitative estimate of drug-likeness (QED) is 0.0357. The Balaban J connectivity index is 1.39. The van der Waals surface area contributed by atoms with Crippen molar-refractivity contribution in [2.45, 2.75) is 190 Å². The normalized spacial score (nSPS) is 38.4. The third-order valence-corrected chi connectivity index (χ3v) is 13.6. The van der Waals surface area contributed by atoms with E-state index in [2.05, 4.69) is 0 Å². The van der Waals surface area contributed by atoms with E-state index in [0.29, 0.717) is 5.57 Å². The van der Waals surface area contributed by atoms with Crippen molar-refractivity contribution in [3.05, 3.63) is 71.9 Å². The van der Waals surface area contributed by atoms with E-state index in [1.165, 1.54) is 25.3 Å². The molecule has 3 aliphatic heterocycles. The summed E-state index contributed by atoms with van der Waals surface area (Å²) in [6, 6.07) is 0. The van der Waals surface area contributed by atoms with Crippen LogP contribution in [0.4, 0.5) is 0 Å². The van der Waals surface area contributed by atoms with Gasteiger partial charge in [0.1, 0.15) is 97.7 Å². The maximum Gasteiger partial charge on any atom is 0.187 e. The highest BCUT2D eigenvalue weighted by atomic mass is 16.8. The van der Waals surface area contributed by atoms with E-state index in [1.807, 2.05) is 58.1 Å². The van der Waals surface area contributed by atoms with Crippen LogP contribution in [-0.4, -0.2) is 232 Å². The van der Waals surface area contributed by atoms with E-state index in [0.717, 1.165) is 5.57 Å². The fraction of sp³-hybridized carbons (Fsp3) is 0.745. The Kier molecular flexibility index (Phi) is 24.6. The van der Waals surface area contributed by atoms with Crippen molar-refractivity contribution in [2.24, 2.45) is 23.7 Å². The molecular weight excluding hydrogens is 965 g/mol. The molecule has 0 aromatic carbocycles. The lowest BCUT2D eigenvalue weighted by Crippen LogP contribution is -2.65. The number of methoxy groups -OCH3 is 1. The number of hydrogen-bond acceptors (Lipinski definition) is 22. The van der Waals surface area contributed by atoms with Gasteiger partial charge in [-0.3, -0.25) is 4.79 Å². The molecule has 0 aromatic heterocycles. The van der Waals surface area contributed by atoms with E-state index in [9.17, 15) is 76.3 Å². The molecule has 4 rings (SSSR count). The van der Waals surface area contributed by atoms with Crippen molar-refractivity contribution in [3.63, 3.8) is 0 Å². The van der Waals surface area contributed by atoms with Crippen molar-refractivity contribution in [1.29, 1.82) is 0 Å². The van der Waals surface area contributed by atoms with E-state index >= 15 is 0 Å². The standard InChI is InChI=1S/C51H82O22/c1-24(2)17-18-31(67-8)38(58)37(57)29(54)16-10-15-28-20-30(55)35(27(5)36(28)56)26(4)14-9-12-25(3)13-11-19-51(6,7)73-50-46(66)47(72-49-45(65)43(63)40(60)33(22-53)70-49)41(61)34(71-50)23-68-48-44(64)42(62)39(59)32(21-52)69-48/h9-14,16-18,20,24,26-27,29-35,37-50,52-55,57-66H,15,19,21-23H2,1-8H3/b13-11+,14-9+,16-10+,18-17+,25-12+/t26-,27-,29-,30+,31-,32-,33-,34-,35-,37-,38-,39-,40-,41-,42+,43+,44-,45-,46-,47+,48-,49+,50+/m1/s1. The zero-order valence-electron chi connectivity index (χ0n) is 42.7. The Labute approximate surface area is 426 Å². The first-order valence-corrected chi connectivity index (χ1v) is 24.7. The lowest BCUT2D eigenvalue weighted by atomic mass is 9.71. The number of rotatable bonds is 24. The van der Waals surface area contributed by atoms with Crippen LogP contribution < -0.4 is 0 Å². The molecule has 22 heteroatoms. The molecule has 1 aliphatic carbocycles. The molecule has 4 aliphatic rings. The highest BCUT2D eigenvalue weighted by molar-refractivity contribution is 5.98. The topological polar surface area (TPSA) is 365 Å². The van der Waals surface area contributed by atoms with E-state index in [-0.39, 0.29) is 30.5 Å². The van der Waals surface area contributed by atoms with E-state index in [4.69, 9.17) is 33.2 Å². The summed E-state index contributed by atoms with van der Waals surface area (Å²) in [4.78, 5) is 13.4. The van der Waals surface area contributed by atoms with Gasteiger partial charge in [0.25, 0.3) is 0 Å². The van der Waals surface area contributed by atoms with Gasteiger partial charge in [-0.1, -0.05) is 88.0 Å². The minimum atomic E-state index is -1.91. The molecule has 3 fully saturated rings. The van der Waals surface area contributed by atoms with Crippen molar-refractivity contribution >= 4 is 5.78 Å². The molecule has 0 saturated carbocycles. The number of ketones is 1. The van der Waals surface area contributed by atoms with Crippen LogP contribution in [0, 0.1) is 23.7 Å². The molecule has 3 saturated heterocycles. The summed E-state index contributed by atoms with van der Waals surface area (Å²) in [6.07, 6.45) is -14.2. The van der Waals surface area contributed by atoms with Crippen molar-refractivity contribution < 1.29 is 109 Å². The average molecular weight is 1050 g/mol. The molecule has 14 N–H and O–H groups in total. The number of Topliss-reactive ketones (excluding diaryl/α,β-unsaturated/α-hetero) is 1. The Morgan fingerprint density at radius 2 is 1.32 bits per heavy atom. The monoisotopic (exact) mass is 1050 g/mol. The summed E-state index contributed by atoms with van der Waals surface area (Å²) >= 11 is 0. The van der Waals surface area contributed by atoms with Crippen LogP contribution in [0.2, 0.25) is 0 Å². The van der Waals surface area contributed by atoms with Gasteiger partial charge < -0.3 is 105 Å². The number of allylic oxidation sites excluding steroid dienone is 8. The number of aliphatic hydroxyl groups is 14. The van der Waals surface area contributed by atoms with E-state index < -0.39 is 160 Å². The number of ether oxygens (including phenoxy) is 7. The van der Waals surface area contributed by atoms with Gasteiger partial charge in [-0.25, -0.2) is 0 Å². The zero-order chi connectivity index (χ0) is 54.6. The first-order chi connectivity index (χ1) is 34.3. The molecule has 22 nitrogen and oxygen atoms in total. The molecule has 0 bridgehead atoms. The molecule has 0 amide bonds. The Hall–Kier alpha value is -2.73. The van der Waals surface area contributed by atoms with Crippen LogP contribution >= 0.6 is 0 Å². The maximum atomic E-state index is 13.4. The molecule has 73 heavy (non-hydrogen) atoms. The molecule has 0 unspecified atom stereocenters. The highest BCUT2D eigenvalue weighted by Crippen LogP contribution is 2.36. The van der Waals surface area contributed by atoms with Crippen LogP contribution in [0.3, 0.4) is 0 Å². The van der Waals surface area contributed by atoms with Gasteiger partial charge in [-0.2, -0.15) is 0 Å².